The monoisotopic (exact) mass is 363 g/mol. The van der Waals surface area contributed by atoms with Gasteiger partial charge >= 0.3 is 0 Å². The van der Waals surface area contributed by atoms with Gasteiger partial charge in [-0.05, 0) is 49.2 Å². The summed E-state index contributed by atoms with van der Waals surface area (Å²) >= 11 is 0. The maximum atomic E-state index is 12.0. The predicted octanol–water partition coefficient (Wildman–Crippen LogP) is 3.24. The third-order valence-electron chi connectivity index (χ3n) is 4.73. The van der Waals surface area contributed by atoms with Crippen LogP contribution in [0.5, 0.6) is 5.75 Å². The Bertz CT molecular complexity index is 790. The molecular weight excluding hydrogens is 338 g/mol. The van der Waals surface area contributed by atoms with Gasteiger partial charge in [-0.15, -0.1) is 0 Å². The molecule has 0 saturated carbocycles. The Kier molecular flexibility index (Phi) is 6.84. The number of ether oxygens (including phenoxy) is 1. The third kappa shape index (κ3) is 5.83. The van der Waals surface area contributed by atoms with Crippen molar-refractivity contribution in [1.29, 1.82) is 5.26 Å². The molecule has 0 aromatic heterocycles. The average Bonchev–Trinajstić information content (AvgIpc) is 2.72. The van der Waals surface area contributed by atoms with E-state index in [0.29, 0.717) is 17.9 Å². The molecule has 0 unspecified atom stereocenters. The molecule has 2 aromatic carbocycles. The Morgan fingerprint density at radius 1 is 1.04 bits per heavy atom. The Hall–Kier alpha value is -2.84. The highest BCUT2D eigenvalue weighted by Gasteiger charge is 2.10. The van der Waals surface area contributed by atoms with Crippen molar-refractivity contribution in [3.8, 4) is 11.8 Å². The molecule has 1 aliphatic rings. The molecule has 1 N–H and O–H groups in total. The van der Waals surface area contributed by atoms with Crippen LogP contribution in [0.15, 0.2) is 48.5 Å². The van der Waals surface area contributed by atoms with Gasteiger partial charge in [0.2, 0.25) is 0 Å². The smallest absolute Gasteiger partial charge is 0.258 e. The summed E-state index contributed by atoms with van der Waals surface area (Å²) in [4.78, 5) is 14.5. The van der Waals surface area contributed by atoms with Gasteiger partial charge < -0.3 is 10.1 Å². The fourth-order valence-electron chi connectivity index (χ4n) is 3.22. The molecule has 0 bridgehead atoms. The maximum Gasteiger partial charge on any atom is 0.258 e. The molecule has 0 aliphatic carbocycles. The molecule has 5 nitrogen and oxygen atoms in total. The van der Waals surface area contributed by atoms with Crippen LogP contribution in [0.25, 0.3) is 0 Å². The highest BCUT2D eigenvalue weighted by molar-refractivity contribution is 5.77. The van der Waals surface area contributed by atoms with Crippen molar-refractivity contribution >= 4 is 5.91 Å². The van der Waals surface area contributed by atoms with Crippen LogP contribution < -0.4 is 10.1 Å². The normalized spacial score (nSPS) is 14.3. The van der Waals surface area contributed by atoms with Gasteiger partial charge in [-0.25, -0.2) is 0 Å². The van der Waals surface area contributed by atoms with Crippen LogP contribution in [-0.2, 0) is 17.9 Å². The minimum absolute atomic E-state index is 0.105. The number of nitriles is 1. The summed E-state index contributed by atoms with van der Waals surface area (Å²) in [6.07, 6.45) is 3.94. The van der Waals surface area contributed by atoms with Gasteiger partial charge in [0.05, 0.1) is 5.56 Å². The Morgan fingerprint density at radius 2 is 1.74 bits per heavy atom. The lowest BCUT2D eigenvalue weighted by molar-refractivity contribution is -0.123. The van der Waals surface area contributed by atoms with Gasteiger partial charge in [-0.3, -0.25) is 9.69 Å². The van der Waals surface area contributed by atoms with E-state index in [1.165, 1.54) is 37.9 Å². The molecule has 1 saturated heterocycles. The molecule has 0 radical (unpaired) electrons. The first-order valence-corrected chi connectivity index (χ1v) is 9.43. The summed E-state index contributed by atoms with van der Waals surface area (Å²) in [6.45, 7) is 3.73. The number of piperidine rings is 1. The summed E-state index contributed by atoms with van der Waals surface area (Å²) in [5.74, 6) is 0.220. The number of likely N-dealkylation sites (tertiary alicyclic amines) is 1. The standard InChI is InChI=1S/C22H25N3O2/c23-14-20-6-2-3-7-21(20)27-17-22(26)24-15-18-8-10-19(11-9-18)16-25-12-4-1-5-13-25/h2-3,6-11H,1,4-5,12-13,15-17H2,(H,24,26). The summed E-state index contributed by atoms with van der Waals surface area (Å²) in [6, 6.07) is 17.3. The second-order valence-corrected chi connectivity index (χ2v) is 6.83. The number of para-hydroxylation sites is 1. The molecule has 1 amide bonds. The summed E-state index contributed by atoms with van der Waals surface area (Å²) in [7, 11) is 0. The molecule has 0 atom stereocenters. The van der Waals surface area contributed by atoms with Crippen LogP contribution in [0.4, 0.5) is 0 Å². The number of nitrogens with zero attached hydrogens (tertiary/aromatic N) is 2. The zero-order chi connectivity index (χ0) is 18.9. The van der Waals surface area contributed by atoms with Crippen LogP contribution in [0.2, 0.25) is 0 Å². The number of nitrogens with one attached hydrogen (secondary N) is 1. The van der Waals surface area contributed by atoms with Gasteiger partial charge in [0.1, 0.15) is 11.8 Å². The van der Waals surface area contributed by atoms with Gasteiger partial charge in [-0.1, -0.05) is 42.8 Å². The van der Waals surface area contributed by atoms with Crippen molar-refractivity contribution in [2.24, 2.45) is 0 Å². The first-order valence-electron chi connectivity index (χ1n) is 9.43. The number of amides is 1. The van der Waals surface area contributed by atoms with Crippen molar-refractivity contribution < 1.29 is 9.53 Å². The predicted molar refractivity (Wildman–Crippen MR) is 104 cm³/mol. The lowest BCUT2D eigenvalue weighted by atomic mass is 10.1. The van der Waals surface area contributed by atoms with Crippen LogP contribution in [-0.4, -0.2) is 30.5 Å². The van der Waals surface area contributed by atoms with E-state index in [9.17, 15) is 4.79 Å². The molecule has 3 rings (SSSR count). The second kappa shape index (κ2) is 9.75. The van der Waals surface area contributed by atoms with E-state index in [2.05, 4.69) is 40.6 Å². The average molecular weight is 363 g/mol. The number of benzene rings is 2. The fourth-order valence-corrected chi connectivity index (χ4v) is 3.22. The van der Waals surface area contributed by atoms with Gasteiger partial charge in [0, 0.05) is 13.1 Å². The van der Waals surface area contributed by atoms with Crippen molar-refractivity contribution in [2.75, 3.05) is 19.7 Å². The van der Waals surface area contributed by atoms with E-state index >= 15 is 0 Å². The van der Waals surface area contributed by atoms with E-state index in [0.717, 1.165) is 12.1 Å². The third-order valence-corrected chi connectivity index (χ3v) is 4.73. The summed E-state index contributed by atoms with van der Waals surface area (Å²) in [5.41, 5.74) is 2.79. The molecular formula is C22H25N3O2. The number of carbonyl (C=O) groups excluding carboxylic acids is 1. The molecule has 0 spiro atoms. The van der Waals surface area contributed by atoms with Crippen molar-refractivity contribution in [3.05, 3.63) is 65.2 Å². The van der Waals surface area contributed by atoms with E-state index in [1.54, 1.807) is 24.3 Å². The minimum Gasteiger partial charge on any atom is -0.482 e. The molecule has 1 fully saturated rings. The van der Waals surface area contributed by atoms with Crippen molar-refractivity contribution in [1.82, 2.24) is 10.2 Å². The molecule has 140 valence electrons. The molecule has 27 heavy (non-hydrogen) atoms. The van der Waals surface area contributed by atoms with Gasteiger partial charge in [0.15, 0.2) is 6.61 Å². The summed E-state index contributed by atoms with van der Waals surface area (Å²) in [5, 5.41) is 11.9. The lowest BCUT2D eigenvalue weighted by Crippen LogP contribution is -2.29. The topological polar surface area (TPSA) is 65.4 Å². The Balaban J connectivity index is 1.42. The van der Waals surface area contributed by atoms with Gasteiger partial charge in [0.25, 0.3) is 5.91 Å². The van der Waals surface area contributed by atoms with E-state index in [-0.39, 0.29) is 12.5 Å². The molecule has 1 aliphatic heterocycles. The molecule has 1 heterocycles. The van der Waals surface area contributed by atoms with Crippen LogP contribution >= 0.6 is 0 Å². The molecule has 5 heteroatoms. The van der Waals surface area contributed by atoms with E-state index in [4.69, 9.17) is 10.00 Å². The minimum atomic E-state index is -0.208. The largest absolute Gasteiger partial charge is 0.482 e. The number of hydrogen-bond donors (Lipinski definition) is 1. The molecule has 2 aromatic rings. The van der Waals surface area contributed by atoms with E-state index < -0.39 is 0 Å². The summed E-state index contributed by atoms with van der Waals surface area (Å²) < 4.78 is 5.44. The first kappa shape index (κ1) is 18.9. The van der Waals surface area contributed by atoms with Crippen molar-refractivity contribution in [2.45, 2.75) is 32.4 Å². The Labute approximate surface area is 160 Å². The zero-order valence-corrected chi connectivity index (χ0v) is 15.5. The number of hydrogen-bond acceptors (Lipinski definition) is 4. The first-order chi connectivity index (χ1) is 13.2. The highest BCUT2D eigenvalue weighted by Crippen LogP contribution is 2.16. The second-order valence-electron chi connectivity index (χ2n) is 6.83. The Morgan fingerprint density at radius 3 is 2.48 bits per heavy atom. The van der Waals surface area contributed by atoms with Crippen LogP contribution in [0.3, 0.4) is 0 Å². The maximum absolute atomic E-state index is 12.0. The SMILES string of the molecule is N#Cc1ccccc1OCC(=O)NCc1ccc(CN2CCCCC2)cc1. The van der Waals surface area contributed by atoms with Gasteiger partial charge in [-0.2, -0.15) is 5.26 Å². The van der Waals surface area contributed by atoms with E-state index in [1.807, 2.05) is 0 Å². The van der Waals surface area contributed by atoms with Crippen molar-refractivity contribution in [3.63, 3.8) is 0 Å². The lowest BCUT2D eigenvalue weighted by Gasteiger charge is -2.26. The van der Waals surface area contributed by atoms with Crippen LogP contribution in [0, 0.1) is 11.3 Å². The number of carbonyl (C=O) groups is 1. The zero-order valence-electron chi connectivity index (χ0n) is 15.5. The highest BCUT2D eigenvalue weighted by atomic mass is 16.5. The van der Waals surface area contributed by atoms with Crippen LogP contribution in [0.1, 0.15) is 36.0 Å². The number of rotatable bonds is 7. The fraction of sp³-hybridized carbons (Fsp3) is 0.364. The quantitative estimate of drug-likeness (QED) is 0.820.